The highest BCUT2D eigenvalue weighted by atomic mass is 19.1. The number of nitrogens with zero attached hydrogens (tertiary/aromatic N) is 1. The number of hydrogen-bond acceptors (Lipinski definition) is 3. The first kappa shape index (κ1) is 15.1. The van der Waals surface area contributed by atoms with Gasteiger partial charge in [0, 0.05) is 18.9 Å². The van der Waals surface area contributed by atoms with Gasteiger partial charge in [0.25, 0.3) is 5.91 Å². The van der Waals surface area contributed by atoms with Crippen molar-refractivity contribution >= 4 is 5.91 Å². The van der Waals surface area contributed by atoms with E-state index in [1.807, 2.05) is 12.1 Å². The minimum absolute atomic E-state index is 0.378. The maximum atomic E-state index is 12.8. The van der Waals surface area contributed by atoms with Crippen LogP contribution in [-0.4, -0.2) is 22.5 Å². The monoisotopic (exact) mass is 288 g/mol. The van der Waals surface area contributed by atoms with Gasteiger partial charge in [-0.25, -0.2) is 4.39 Å². The lowest BCUT2D eigenvalue weighted by molar-refractivity contribution is -0.129. The molecule has 0 bridgehead atoms. The number of rotatable bonds is 6. The maximum Gasteiger partial charge on any atom is 0.253 e. The van der Waals surface area contributed by atoms with E-state index in [9.17, 15) is 14.3 Å². The number of amides is 1. The summed E-state index contributed by atoms with van der Waals surface area (Å²) >= 11 is 0. The molecule has 0 fully saturated rings. The van der Waals surface area contributed by atoms with Gasteiger partial charge >= 0.3 is 0 Å². The zero-order valence-electron chi connectivity index (χ0n) is 11.5. The van der Waals surface area contributed by atoms with Crippen LogP contribution in [-0.2, 0) is 11.2 Å². The van der Waals surface area contributed by atoms with Crippen molar-refractivity contribution in [2.45, 2.75) is 18.9 Å². The molecule has 1 aromatic carbocycles. The molecule has 2 aromatic rings. The van der Waals surface area contributed by atoms with Crippen LogP contribution < -0.4 is 5.32 Å². The Morgan fingerprint density at radius 3 is 2.52 bits per heavy atom. The third-order valence-electron chi connectivity index (χ3n) is 3.12. The second-order valence-corrected chi connectivity index (χ2v) is 4.70. The van der Waals surface area contributed by atoms with E-state index in [4.69, 9.17) is 0 Å². The third-order valence-corrected chi connectivity index (χ3v) is 3.12. The Kier molecular flexibility index (Phi) is 5.40. The number of aliphatic hydroxyl groups is 1. The third kappa shape index (κ3) is 4.65. The molecule has 0 saturated heterocycles. The Bertz CT molecular complexity index is 573. The number of aromatic nitrogens is 1. The molecule has 0 spiro atoms. The first-order valence-corrected chi connectivity index (χ1v) is 6.77. The molecular weight excluding hydrogens is 271 g/mol. The molecule has 1 atom stereocenters. The van der Waals surface area contributed by atoms with Gasteiger partial charge in [-0.3, -0.25) is 9.78 Å². The molecule has 1 heterocycles. The van der Waals surface area contributed by atoms with Crippen molar-refractivity contribution < 1.29 is 14.3 Å². The lowest BCUT2D eigenvalue weighted by atomic mass is 10.1. The van der Waals surface area contributed by atoms with E-state index in [-0.39, 0.29) is 0 Å². The van der Waals surface area contributed by atoms with E-state index in [0.717, 1.165) is 18.4 Å². The maximum absolute atomic E-state index is 12.8. The molecule has 0 aliphatic carbocycles. The normalized spacial score (nSPS) is 11.9. The SMILES string of the molecule is O=C(NCCCc1ccncc1)C(O)c1ccc(F)cc1. The van der Waals surface area contributed by atoms with E-state index in [2.05, 4.69) is 10.3 Å². The highest BCUT2D eigenvalue weighted by Gasteiger charge is 2.16. The molecule has 5 heteroatoms. The summed E-state index contributed by atoms with van der Waals surface area (Å²) in [6, 6.07) is 9.09. The van der Waals surface area contributed by atoms with E-state index in [0.29, 0.717) is 12.1 Å². The molecule has 4 nitrogen and oxygen atoms in total. The van der Waals surface area contributed by atoms with Crippen molar-refractivity contribution in [1.29, 1.82) is 0 Å². The van der Waals surface area contributed by atoms with Gasteiger partial charge in [0.15, 0.2) is 6.10 Å². The van der Waals surface area contributed by atoms with Gasteiger partial charge in [0.2, 0.25) is 0 Å². The summed E-state index contributed by atoms with van der Waals surface area (Å²) in [7, 11) is 0. The lowest BCUT2D eigenvalue weighted by Gasteiger charge is -2.11. The van der Waals surface area contributed by atoms with Gasteiger partial charge in [-0.05, 0) is 48.2 Å². The number of hydrogen-bond donors (Lipinski definition) is 2. The van der Waals surface area contributed by atoms with Gasteiger partial charge in [-0.2, -0.15) is 0 Å². The second kappa shape index (κ2) is 7.50. The molecule has 0 radical (unpaired) electrons. The first-order valence-electron chi connectivity index (χ1n) is 6.77. The fourth-order valence-electron chi connectivity index (χ4n) is 1.95. The molecule has 110 valence electrons. The highest BCUT2D eigenvalue weighted by Crippen LogP contribution is 2.13. The van der Waals surface area contributed by atoms with E-state index in [1.165, 1.54) is 24.3 Å². The highest BCUT2D eigenvalue weighted by molar-refractivity contribution is 5.81. The number of pyridine rings is 1. The Morgan fingerprint density at radius 1 is 1.19 bits per heavy atom. The van der Waals surface area contributed by atoms with Crippen LogP contribution in [0.25, 0.3) is 0 Å². The number of nitrogens with one attached hydrogen (secondary N) is 1. The summed E-state index contributed by atoms with van der Waals surface area (Å²) in [5, 5.41) is 12.5. The van der Waals surface area contributed by atoms with Gasteiger partial charge in [-0.1, -0.05) is 12.1 Å². The molecule has 21 heavy (non-hydrogen) atoms. The fourth-order valence-corrected chi connectivity index (χ4v) is 1.95. The van der Waals surface area contributed by atoms with Gasteiger partial charge in [0.1, 0.15) is 5.82 Å². The molecule has 1 aromatic heterocycles. The average molecular weight is 288 g/mol. The topological polar surface area (TPSA) is 62.2 Å². The molecule has 2 rings (SSSR count). The van der Waals surface area contributed by atoms with Crippen molar-refractivity contribution in [3.05, 3.63) is 65.7 Å². The van der Waals surface area contributed by atoms with Crippen LogP contribution >= 0.6 is 0 Å². The largest absolute Gasteiger partial charge is 0.378 e. The van der Waals surface area contributed by atoms with Crippen LogP contribution in [0.5, 0.6) is 0 Å². The van der Waals surface area contributed by atoms with Gasteiger partial charge < -0.3 is 10.4 Å². The van der Waals surface area contributed by atoms with Crippen LogP contribution in [0.4, 0.5) is 4.39 Å². The Labute approximate surface area is 122 Å². The summed E-state index contributed by atoms with van der Waals surface area (Å²) < 4.78 is 12.8. The van der Waals surface area contributed by atoms with Crippen LogP contribution in [0.1, 0.15) is 23.7 Å². The molecule has 0 aliphatic heterocycles. The smallest absolute Gasteiger partial charge is 0.253 e. The predicted octanol–water partition coefficient (Wildman–Crippen LogP) is 2.00. The second-order valence-electron chi connectivity index (χ2n) is 4.70. The van der Waals surface area contributed by atoms with Crippen molar-refractivity contribution in [1.82, 2.24) is 10.3 Å². The zero-order chi connectivity index (χ0) is 15.1. The number of aliphatic hydroxyl groups excluding tert-OH is 1. The fraction of sp³-hybridized carbons (Fsp3) is 0.250. The Balaban J connectivity index is 1.75. The predicted molar refractivity (Wildman–Crippen MR) is 76.9 cm³/mol. The zero-order valence-corrected chi connectivity index (χ0v) is 11.5. The molecular formula is C16H17FN2O2. The van der Waals surface area contributed by atoms with Crippen molar-refractivity contribution in [2.24, 2.45) is 0 Å². The Morgan fingerprint density at radius 2 is 1.86 bits per heavy atom. The molecule has 1 unspecified atom stereocenters. The van der Waals surface area contributed by atoms with E-state index in [1.54, 1.807) is 12.4 Å². The summed E-state index contributed by atoms with van der Waals surface area (Å²) in [6.07, 6.45) is 3.78. The van der Waals surface area contributed by atoms with E-state index >= 15 is 0 Å². The molecule has 0 saturated carbocycles. The number of carbonyl (C=O) groups excluding carboxylic acids is 1. The summed E-state index contributed by atoms with van der Waals surface area (Å²) in [5.74, 6) is -0.875. The molecule has 1 amide bonds. The summed E-state index contributed by atoms with van der Waals surface area (Å²) in [6.45, 7) is 0.472. The first-order chi connectivity index (χ1) is 10.2. The number of aryl methyl sites for hydroxylation is 1. The number of halogens is 1. The molecule has 2 N–H and O–H groups in total. The van der Waals surface area contributed by atoms with Crippen molar-refractivity contribution in [3.8, 4) is 0 Å². The summed E-state index contributed by atoms with van der Waals surface area (Å²) in [5.41, 5.74) is 1.53. The van der Waals surface area contributed by atoms with Crippen LogP contribution in [0.15, 0.2) is 48.8 Å². The van der Waals surface area contributed by atoms with Crippen molar-refractivity contribution in [3.63, 3.8) is 0 Å². The number of benzene rings is 1. The minimum atomic E-state index is -1.27. The van der Waals surface area contributed by atoms with Crippen LogP contribution in [0, 0.1) is 5.82 Å². The number of carbonyl (C=O) groups is 1. The van der Waals surface area contributed by atoms with Crippen molar-refractivity contribution in [2.75, 3.05) is 6.54 Å². The molecule has 0 aliphatic rings. The van der Waals surface area contributed by atoms with Crippen LogP contribution in [0.2, 0.25) is 0 Å². The minimum Gasteiger partial charge on any atom is -0.378 e. The van der Waals surface area contributed by atoms with Gasteiger partial charge in [-0.15, -0.1) is 0 Å². The van der Waals surface area contributed by atoms with Crippen LogP contribution in [0.3, 0.4) is 0 Å². The Hall–Kier alpha value is -2.27. The standard InChI is InChI=1S/C16H17FN2O2/c17-14-5-3-13(4-6-14)15(20)16(21)19-9-1-2-12-7-10-18-11-8-12/h3-8,10-11,15,20H,1-2,9H2,(H,19,21). The van der Waals surface area contributed by atoms with E-state index < -0.39 is 17.8 Å². The summed E-state index contributed by atoms with van der Waals surface area (Å²) in [4.78, 5) is 15.7. The average Bonchev–Trinajstić information content (AvgIpc) is 2.52. The van der Waals surface area contributed by atoms with Gasteiger partial charge in [0.05, 0.1) is 0 Å². The lowest BCUT2D eigenvalue weighted by Crippen LogP contribution is -2.30. The quantitative estimate of drug-likeness (QED) is 0.799.